The second-order valence-electron chi connectivity index (χ2n) is 15.4. The Bertz CT molecular complexity index is 1190. The van der Waals surface area contributed by atoms with Crippen LogP contribution < -0.4 is 21.3 Å². The van der Waals surface area contributed by atoms with Crippen LogP contribution in [0.1, 0.15) is 131 Å². The van der Waals surface area contributed by atoms with Crippen LogP contribution in [-0.2, 0) is 30.0 Å². The lowest BCUT2D eigenvalue weighted by atomic mass is 9.67. The number of Topliss-reactive ketones (excluding diaryl/α,β-unsaturated/α-hetero) is 1. The number of hydrogen-bond donors (Lipinski definition) is 4. The average molecular weight is 706 g/mol. The minimum Gasteiger partial charge on any atom is -0.346 e. The van der Waals surface area contributed by atoms with Gasteiger partial charge in [0.15, 0.2) is 0 Å². The van der Waals surface area contributed by atoms with E-state index in [9.17, 15) is 28.2 Å². The van der Waals surface area contributed by atoms with Crippen LogP contribution in [-0.4, -0.2) is 86.4 Å². The molecule has 2 aliphatic carbocycles. The third-order valence-electron chi connectivity index (χ3n) is 10.6. The molecule has 1 heterocycles. The highest BCUT2D eigenvalue weighted by atomic mass is 32.2. The maximum absolute atomic E-state index is 14.6. The van der Waals surface area contributed by atoms with Crippen LogP contribution in [0.4, 0.5) is 4.79 Å². The molecular weight excluding hydrogens is 643 g/mol. The molecule has 0 radical (unpaired) electrons. The maximum atomic E-state index is 14.6. The second kappa shape index (κ2) is 19.0. The van der Waals surface area contributed by atoms with Crippen molar-refractivity contribution in [1.82, 2.24) is 26.2 Å². The standard InChI is InChI=1S/C37H63N5O6S/c1-7-10-12-16-27(25-49(48)36(4,5)6)39-35(47)41-31(37(9-3)20-13-11-14-21-37)34(46)42-23-15-17-29(42)32(44)40-28(24-26-18-19-26)30(43)33(45)38-22-8-2/h8,26-29,31H,2,7,9-25H2,1,3-6H3,(H,38,45)(H,40,44)(H2,39,41,47). The largest absolute Gasteiger partial charge is 0.346 e. The molecule has 0 aromatic carbocycles. The van der Waals surface area contributed by atoms with E-state index in [-0.39, 0.29) is 24.4 Å². The van der Waals surface area contributed by atoms with Gasteiger partial charge in [0.1, 0.15) is 12.1 Å². The van der Waals surface area contributed by atoms with Gasteiger partial charge in [0.25, 0.3) is 5.91 Å². The Kier molecular flexibility index (Phi) is 15.8. The molecule has 0 bridgehead atoms. The molecule has 0 aromatic heterocycles. The lowest BCUT2D eigenvalue weighted by Gasteiger charge is -2.44. The molecule has 5 amide bonds. The number of urea groups is 1. The van der Waals surface area contributed by atoms with E-state index in [0.717, 1.165) is 64.2 Å². The number of unbranched alkanes of at least 4 members (excludes halogenated alkanes) is 2. The first-order valence-corrected chi connectivity index (χ1v) is 20.1. The summed E-state index contributed by atoms with van der Waals surface area (Å²) in [5.41, 5.74) is -0.462. The summed E-state index contributed by atoms with van der Waals surface area (Å²) in [4.78, 5) is 69.4. The van der Waals surface area contributed by atoms with E-state index in [2.05, 4.69) is 41.7 Å². The van der Waals surface area contributed by atoms with Gasteiger partial charge in [-0.1, -0.05) is 71.3 Å². The van der Waals surface area contributed by atoms with Crippen LogP contribution in [0.3, 0.4) is 0 Å². The van der Waals surface area contributed by atoms with E-state index in [0.29, 0.717) is 44.4 Å². The molecule has 5 atom stereocenters. The van der Waals surface area contributed by atoms with Gasteiger partial charge in [0.2, 0.25) is 17.6 Å². The number of nitrogens with zero attached hydrogens (tertiary/aromatic N) is 1. The average Bonchev–Trinajstić information content (AvgIpc) is 3.75. The Morgan fingerprint density at radius 2 is 1.65 bits per heavy atom. The first kappa shape index (κ1) is 40.7. The Morgan fingerprint density at radius 3 is 2.24 bits per heavy atom. The molecule has 278 valence electrons. The van der Waals surface area contributed by atoms with Crippen molar-refractivity contribution in [3.63, 3.8) is 0 Å². The van der Waals surface area contributed by atoms with Crippen molar-refractivity contribution in [2.24, 2.45) is 11.3 Å². The minimum absolute atomic E-state index is 0.147. The number of rotatable bonds is 19. The van der Waals surface area contributed by atoms with Crippen molar-refractivity contribution in [3.05, 3.63) is 12.7 Å². The fourth-order valence-corrected chi connectivity index (χ4v) is 8.39. The molecule has 3 fully saturated rings. The van der Waals surface area contributed by atoms with Gasteiger partial charge in [-0.3, -0.25) is 23.4 Å². The number of nitrogens with one attached hydrogen (secondary N) is 4. The van der Waals surface area contributed by atoms with Gasteiger partial charge in [-0.05, 0) is 77.0 Å². The summed E-state index contributed by atoms with van der Waals surface area (Å²) in [6.07, 6.45) is 13.7. The van der Waals surface area contributed by atoms with Gasteiger partial charge < -0.3 is 26.2 Å². The van der Waals surface area contributed by atoms with Gasteiger partial charge in [-0.15, -0.1) is 6.58 Å². The topological polar surface area (TPSA) is 154 Å². The van der Waals surface area contributed by atoms with Crippen LogP contribution in [0.25, 0.3) is 0 Å². The molecule has 1 saturated heterocycles. The first-order valence-electron chi connectivity index (χ1n) is 18.8. The summed E-state index contributed by atoms with van der Waals surface area (Å²) >= 11 is 0. The van der Waals surface area contributed by atoms with Gasteiger partial charge in [0.05, 0.1) is 6.04 Å². The number of amides is 5. The van der Waals surface area contributed by atoms with E-state index in [4.69, 9.17) is 0 Å². The Morgan fingerprint density at radius 1 is 0.959 bits per heavy atom. The normalized spacial score (nSPS) is 21.5. The predicted octanol–water partition coefficient (Wildman–Crippen LogP) is 4.66. The molecule has 3 rings (SSSR count). The van der Waals surface area contributed by atoms with Crippen LogP contribution in [0.15, 0.2) is 12.7 Å². The molecule has 0 spiro atoms. The van der Waals surface area contributed by atoms with Crippen LogP contribution >= 0.6 is 0 Å². The molecule has 12 heteroatoms. The summed E-state index contributed by atoms with van der Waals surface area (Å²) in [7, 11) is -1.17. The monoisotopic (exact) mass is 705 g/mol. The summed E-state index contributed by atoms with van der Waals surface area (Å²) in [5, 5.41) is 11.5. The summed E-state index contributed by atoms with van der Waals surface area (Å²) in [5.74, 6) is -1.58. The highest BCUT2D eigenvalue weighted by Crippen LogP contribution is 2.43. The Hall–Kier alpha value is -2.76. The highest BCUT2D eigenvalue weighted by molar-refractivity contribution is 7.86. The van der Waals surface area contributed by atoms with Crippen LogP contribution in [0.2, 0.25) is 0 Å². The van der Waals surface area contributed by atoms with Gasteiger partial charge in [-0.2, -0.15) is 0 Å². The van der Waals surface area contributed by atoms with Crippen molar-refractivity contribution in [1.29, 1.82) is 0 Å². The zero-order valence-corrected chi connectivity index (χ0v) is 31.5. The number of carbonyl (C=O) groups is 5. The smallest absolute Gasteiger partial charge is 0.315 e. The molecule has 3 aliphatic rings. The van der Waals surface area contributed by atoms with Crippen molar-refractivity contribution >= 4 is 40.3 Å². The zero-order valence-electron chi connectivity index (χ0n) is 30.7. The van der Waals surface area contributed by atoms with E-state index in [1.165, 1.54) is 6.08 Å². The maximum Gasteiger partial charge on any atom is 0.315 e. The highest BCUT2D eigenvalue weighted by Gasteiger charge is 2.48. The van der Waals surface area contributed by atoms with Crippen molar-refractivity contribution in [2.75, 3.05) is 18.8 Å². The molecule has 11 nitrogen and oxygen atoms in total. The number of likely N-dealkylation sites (tertiary alicyclic amines) is 1. The van der Waals surface area contributed by atoms with E-state index in [1.807, 2.05) is 20.8 Å². The van der Waals surface area contributed by atoms with E-state index >= 15 is 0 Å². The SMILES string of the molecule is C=CCNC(=O)C(=O)C(CC1CC1)NC(=O)C1CCCN1C(=O)C(NC(=O)NC(CCCCC)CS(=O)C(C)(C)C)C1(CC)CCCCC1. The van der Waals surface area contributed by atoms with Crippen LogP contribution in [0, 0.1) is 11.3 Å². The van der Waals surface area contributed by atoms with Crippen molar-refractivity contribution < 1.29 is 28.2 Å². The third kappa shape index (κ3) is 11.9. The summed E-state index contributed by atoms with van der Waals surface area (Å²) < 4.78 is 12.7. The van der Waals surface area contributed by atoms with Crippen molar-refractivity contribution in [3.8, 4) is 0 Å². The molecule has 0 aromatic rings. The first-order chi connectivity index (χ1) is 23.3. The predicted molar refractivity (Wildman–Crippen MR) is 194 cm³/mol. The molecular formula is C37H63N5O6S. The number of ketones is 1. The van der Waals surface area contributed by atoms with Gasteiger partial charge >= 0.3 is 6.03 Å². The van der Waals surface area contributed by atoms with Gasteiger partial charge in [-0.25, -0.2) is 4.79 Å². The number of carbonyl (C=O) groups excluding carboxylic acids is 5. The minimum atomic E-state index is -1.17. The lowest BCUT2D eigenvalue weighted by molar-refractivity contribution is -0.144. The molecule has 5 unspecified atom stereocenters. The van der Waals surface area contributed by atoms with E-state index in [1.54, 1.807) is 4.90 Å². The fourth-order valence-electron chi connectivity index (χ4n) is 7.27. The molecule has 2 saturated carbocycles. The summed E-state index contributed by atoms with van der Waals surface area (Å²) in [6, 6.07) is -3.37. The molecule has 49 heavy (non-hydrogen) atoms. The third-order valence-corrected chi connectivity index (χ3v) is 12.7. The Balaban J connectivity index is 1.82. The lowest BCUT2D eigenvalue weighted by Crippen LogP contribution is -2.62. The zero-order chi connectivity index (χ0) is 36.2. The molecule has 1 aliphatic heterocycles. The fraction of sp³-hybridized carbons (Fsp3) is 0.811. The van der Waals surface area contributed by atoms with Crippen molar-refractivity contribution in [2.45, 2.75) is 160 Å². The second-order valence-corrected chi connectivity index (χ2v) is 17.7. The quantitative estimate of drug-likeness (QED) is 0.0872. The van der Waals surface area contributed by atoms with Crippen LogP contribution in [0.5, 0.6) is 0 Å². The Labute approximate surface area is 296 Å². The van der Waals surface area contributed by atoms with Gasteiger partial charge in [0, 0.05) is 40.4 Å². The van der Waals surface area contributed by atoms with E-state index < -0.39 is 62.7 Å². The summed E-state index contributed by atoms with van der Waals surface area (Å²) in [6.45, 7) is 14.0. The molecule has 4 N–H and O–H groups in total. The number of hydrogen-bond acceptors (Lipinski definition) is 6.